The number of nitrogens with zero attached hydrogens (tertiary/aromatic N) is 2. The topological polar surface area (TPSA) is 72.2 Å². The van der Waals surface area contributed by atoms with E-state index in [9.17, 15) is 0 Å². The molecule has 0 aromatic heterocycles. The number of nitrogens with one attached hydrogen (secondary N) is 3. The highest BCUT2D eigenvalue weighted by molar-refractivity contribution is 5.80. The Bertz CT molecular complexity index is 182. The van der Waals surface area contributed by atoms with Gasteiger partial charge in [-0.15, -0.1) is 4.99 Å². The standard InChI is InChI=1S/C9H19N5/c1-3-4-5-12-9(14-8-10)13-7-6-11-2/h11H,3-7H2,1-2H3,(H2,12,13,14). The van der Waals surface area contributed by atoms with Gasteiger partial charge >= 0.3 is 0 Å². The van der Waals surface area contributed by atoms with Gasteiger partial charge in [0.25, 0.3) is 0 Å². The molecule has 0 unspecified atom stereocenters. The first kappa shape index (κ1) is 12.7. The van der Waals surface area contributed by atoms with Crippen LogP contribution in [-0.2, 0) is 0 Å². The van der Waals surface area contributed by atoms with Gasteiger partial charge in [-0.05, 0) is 13.5 Å². The first-order chi connectivity index (χ1) is 6.85. The summed E-state index contributed by atoms with van der Waals surface area (Å²) in [5, 5.41) is 17.5. The molecule has 0 saturated heterocycles. The van der Waals surface area contributed by atoms with Crippen molar-refractivity contribution in [2.24, 2.45) is 4.99 Å². The van der Waals surface area contributed by atoms with Crippen LogP contribution in [0.25, 0.3) is 0 Å². The monoisotopic (exact) mass is 197 g/mol. The number of guanidine groups is 1. The van der Waals surface area contributed by atoms with E-state index in [4.69, 9.17) is 5.26 Å². The molecule has 0 bridgehead atoms. The van der Waals surface area contributed by atoms with E-state index in [0.29, 0.717) is 5.96 Å². The second-order valence-electron chi connectivity index (χ2n) is 2.87. The molecule has 0 aliphatic carbocycles. The number of nitriles is 1. The minimum Gasteiger partial charge on any atom is -0.355 e. The summed E-state index contributed by atoms with van der Waals surface area (Å²) in [4.78, 5) is 3.64. The number of aliphatic imine (C=N–C) groups is 1. The molecule has 0 atom stereocenters. The number of rotatable bonds is 6. The van der Waals surface area contributed by atoms with Crippen molar-refractivity contribution in [2.45, 2.75) is 19.8 Å². The highest BCUT2D eigenvalue weighted by Gasteiger charge is 1.95. The van der Waals surface area contributed by atoms with Crippen LogP contribution in [0.15, 0.2) is 4.99 Å². The van der Waals surface area contributed by atoms with Gasteiger partial charge in [-0.1, -0.05) is 13.3 Å². The van der Waals surface area contributed by atoms with Crippen molar-refractivity contribution < 1.29 is 0 Å². The Morgan fingerprint density at radius 1 is 1.29 bits per heavy atom. The molecule has 5 nitrogen and oxygen atoms in total. The molecule has 0 spiro atoms. The van der Waals surface area contributed by atoms with Gasteiger partial charge in [0.2, 0.25) is 12.2 Å². The Balaban J connectivity index is 3.68. The summed E-state index contributed by atoms with van der Waals surface area (Å²) in [5.74, 6) is 0.566. The molecule has 0 saturated carbocycles. The highest BCUT2D eigenvalue weighted by Crippen LogP contribution is 1.82. The van der Waals surface area contributed by atoms with E-state index < -0.39 is 0 Å². The Labute approximate surface area is 85.6 Å². The number of unbranched alkanes of at least 4 members (excludes halogenated alkanes) is 1. The third-order valence-electron chi connectivity index (χ3n) is 1.65. The lowest BCUT2D eigenvalue weighted by Gasteiger charge is -2.09. The summed E-state index contributed by atoms with van der Waals surface area (Å²) >= 11 is 0. The molecular formula is C9H19N5. The van der Waals surface area contributed by atoms with Gasteiger partial charge in [0, 0.05) is 19.6 Å². The third kappa shape index (κ3) is 7.37. The molecule has 3 N–H and O–H groups in total. The fourth-order valence-electron chi connectivity index (χ4n) is 0.881. The largest absolute Gasteiger partial charge is 0.355 e. The zero-order chi connectivity index (χ0) is 10.6. The lowest BCUT2D eigenvalue weighted by molar-refractivity contribution is 0.710. The zero-order valence-corrected chi connectivity index (χ0v) is 8.93. The Kier molecular flexibility index (Phi) is 8.91. The molecule has 5 heteroatoms. The molecule has 0 heterocycles. The summed E-state index contributed by atoms with van der Waals surface area (Å²) in [7, 11) is 1.88. The maximum atomic E-state index is 8.42. The van der Waals surface area contributed by atoms with Crippen molar-refractivity contribution in [3.63, 3.8) is 0 Å². The maximum Gasteiger partial charge on any atom is 0.209 e. The van der Waals surface area contributed by atoms with Crippen molar-refractivity contribution in [3.05, 3.63) is 0 Å². The van der Waals surface area contributed by atoms with Crippen LogP contribution in [-0.4, -0.2) is 32.6 Å². The van der Waals surface area contributed by atoms with Crippen molar-refractivity contribution in [2.75, 3.05) is 26.7 Å². The van der Waals surface area contributed by atoms with E-state index >= 15 is 0 Å². The molecule has 0 aliphatic rings. The smallest absolute Gasteiger partial charge is 0.209 e. The van der Waals surface area contributed by atoms with E-state index in [0.717, 1.165) is 32.5 Å². The second kappa shape index (κ2) is 9.81. The number of hydrogen-bond donors (Lipinski definition) is 3. The van der Waals surface area contributed by atoms with Crippen LogP contribution < -0.4 is 16.0 Å². The van der Waals surface area contributed by atoms with Gasteiger partial charge in [-0.25, -0.2) is 0 Å². The van der Waals surface area contributed by atoms with Gasteiger partial charge < -0.3 is 16.0 Å². The Morgan fingerprint density at radius 3 is 2.57 bits per heavy atom. The van der Waals surface area contributed by atoms with Gasteiger partial charge in [-0.2, -0.15) is 5.26 Å². The second-order valence-corrected chi connectivity index (χ2v) is 2.87. The summed E-state index contributed by atoms with van der Waals surface area (Å²) in [6.45, 7) is 4.58. The summed E-state index contributed by atoms with van der Waals surface area (Å²) in [6.07, 6.45) is 3.97. The molecule has 14 heavy (non-hydrogen) atoms. The van der Waals surface area contributed by atoms with Crippen LogP contribution in [0.3, 0.4) is 0 Å². The summed E-state index contributed by atoms with van der Waals surface area (Å²) < 4.78 is 0. The first-order valence-electron chi connectivity index (χ1n) is 4.94. The molecule has 0 aromatic rings. The quantitative estimate of drug-likeness (QED) is 0.243. The summed E-state index contributed by atoms with van der Waals surface area (Å²) in [5.41, 5.74) is 0. The zero-order valence-electron chi connectivity index (χ0n) is 8.93. The minimum atomic E-state index is 0.566. The van der Waals surface area contributed by atoms with Gasteiger partial charge in [-0.3, -0.25) is 0 Å². The molecule has 80 valence electrons. The van der Waals surface area contributed by atoms with Crippen LogP contribution in [0.2, 0.25) is 0 Å². The number of likely N-dealkylation sites (N-methyl/N-ethyl adjacent to an activating group) is 1. The predicted octanol–water partition coefficient (Wildman–Crippen LogP) is 0.0222. The van der Waals surface area contributed by atoms with Gasteiger partial charge in [0.15, 0.2) is 0 Å². The normalized spacial score (nSPS) is 10.8. The Hall–Kier alpha value is -1.28. The average Bonchev–Trinajstić information content (AvgIpc) is 2.18. The fraction of sp³-hybridized carbons (Fsp3) is 0.778. The first-order valence-corrected chi connectivity index (χ1v) is 4.94. The molecule has 0 rings (SSSR count). The molecule has 0 aliphatic heterocycles. The average molecular weight is 197 g/mol. The van der Waals surface area contributed by atoms with E-state index in [1.54, 1.807) is 6.19 Å². The lowest BCUT2D eigenvalue weighted by atomic mass is 10.3. The van der Waals surface area contributed by atoms with E-state index in [1.165, 1.54) is 0 Å². The highest BCUT2D eigenvalue weighted by atomic mass is 15.2. The molecule has 0 amide bonds. The van der Waals surface area contributed by atoms with Crippen LogP contribution in [0.4, 0.5) is 0 Å². The molecule has 0 fully saturated rings. The minimum absolute atomic E-state index is 0.566. The van der Waals surface area contributed by atoms with E-state index in [1.807, 2.05) is 7.05 Å². The molecule has 0 aromatic carbocycles. The van der Waals surface area contributed by atoms with Crippen LogP contribution in [0.1, 0.15) is 19.8 Å². The van der Waals surface area contributed by atoms with Gasteiger partial charge in [0.1, 0.15) is 0 Å². The fourth-order valence-corrected chi connectivity index (χ4v) is 0.881. The molecule has 0 radical (unpaired) electrons. The van der Waals surface area contributed by atoms with Crippen molar-refractivity contribution in [3.8, 4) is 6.19 Å². The Morgan fingerprint density at radius 2 is 2.00 bits per heavy atom. The molecular weight excluding hydrogens is 178 g/mol. The van der Waals surface area contributed by atoms with E-state index in [2.05, 4.69) is 27.9 Å². The van der Waals surface area contributed by atoms with Crippen molar-refractivity contribution >= 4 is 5.96 Å². The van der Waals surface area contributed by atoms with Gasteiger partial charge in [0.05, 0.1) is 0 Å². The summed E-state index contributed by atoms with van der Waals surface area (Å²) in [6, 6.07) is 0. The van der Waals surface area contributed by atoms with Crippen molar-refractivity contribution in [1.29, 1.82) is 5.26 Å². The van der Waals surface area contributed by atoms with Crippen LogP contribution in [0, 0.1) is 11.5 Å². The van der Waals surface area contributed by atoms with Crippen molar-refractivity contribution in [1.82, 2.24) is 16.0 Å². The third-order valence-corrected chi connectivity index (χ3v) is 1.65. The number of hydrogen-bond acceptors (Lipinski definition) is 3. The maximum absolute atomic E-state index is 8.42. The van der Waals surface area contributed by atoms with E-state index in [-0.39, 0.29) is 0 Å². The van der Waals surface area contributed by atoms with Crippen LogP contribution >= 0.6 is 0 Å². The SMILES string of the molecule is CCCCN/C(=N/C#N)NCCNC. The van der Waals surface area contributed by atoms with Crippen LogP contribution in [0.5, 0.6) is 0 Å². The lowest BCUT2D eigenvalue weighted by Crippen LogP contribution is -2.40. The predicted molar refractivity (Wildman–Crippen MR) is 57.9 cm³/mol.